The molecule has 1 spiro atoms. The SMILES string of the molecule is Cc1cc(C)n(-c2ccc(CNC(=O)CN3C(=O)NC4(CCCCC4C)C3=O)c(C(F)(F)F)c2)n1. The van der Waals surface area contributed by atoms with Crippen LogP contribution in [0.25, 0.3) is 5.69 Å². The van der Waals surface area contributed by atoms with Crippen LogP contribution in [0.2, 0.25) is 0 Å². The molecule has 4 amide bonds. The van der Waals surface area contributed by atoms with Crippen molar-refractivity contribution in [2.75, 3.05) is 6.54 Å². The molecule has 1 aliphatic heterocycles. The van der Waals surface area contributed by atoms with Crippen molar-refractivity contribution in [3.05, 3.63) is 46.8 Å². The second-order valence-corrected chi connectivity index (χ2v) is 9.39. The summed E-state index contributed by atoms with van der Waals surface area (Å²) in [7, 11) is 0. The van der Waals surface area contributed by atoms with Crippen LogP contribution in [-0.2, 0) is 22.3 Å². The van der Waals surface area contributed by atoms with E-state index in [1.165, 1.54) is 16.8 Å². The molecular weight excluding hydrogens is 463 g/mol. The molecule has 2 aromatic rings. The standard InChI is InChI=1S/C24H28F3N5O3/c1-14-6-4-5-9-23(14)21(34)31(22(35)29-23)13-20(33)28-12-17-7-8-18(11-19(17)24(25,26)27)32-16(3)10-15(2)30-32/h7-8,10-11,14H,4-6,9,12-13H2,1-3H3,(H,28,33)(H,29,35). The molecule has 2 N–H and O–H groups in total. The lowest BCUT2D eigenvalue weighted by atomic mass is 9.73. The van der Waals surface area contributed by atoms with Gasteiger partial charge in [-0.3, -0.25) is 14.5 Å². The van der Waals surface area contributed by atoms with Crippen molar-refractivity contribution in [1.29, 1.82) is 0 Å². The summed E-state index contributed by atoms with van der Waals surface area (Å²) in [5.74, 6) is -1.23. The Balaban J connectivity index is 1.47. The third-order valence-corrected chi connectivity index (χ3v) is 6.93. The van der Waals surface area contributed by atoms with E-state index in [2.05, 4.69) is 15.7 Å². The molecule has 8 nitrogen and oxygen atoms in total. The van der Waals surface area contributed by atoms with Crippen LogP contribution in [0, 0.1) is 19.8 Å². The zero-order valence-electron chi connectivity index (χ0n) is 19.8. The third kappa shape index (κ3) is 4.63. The Hall–Kier alpha value is -3.37. The fourth-order valence-corrected chi connectivity index (χ4v) is 5.04. The third-order valence-electron chi connectivity index (χ3n) is 6.93. The van der Waals surface area contributed by atoms with Crippen LogP contribution in [0.3, 0.4) is 0 Å². The van der Waals surface area contributed by atoms with Crippen molar-refractivity contribution >= 4 is 17.8 Å². The number of nitrogens with one attached hydrogen (secondary N) is 2. The summed E-state index contributed by atoms with van der Waals surface area (Å²) >= 11 is 0. The Bertz CT molecular complexity index is 1180. The van der Waals surface area contributed by atoms with Gasteiger partial charge in [0, 0.05) is 12.2 Å². The summed E-state index contributed by atoms with van der Waals surface area (Å²) in [6.45, 7) is 4.44. The lowest BCUT2D eigenvalue weighted by molar-refractivity contribution is -0.138. The van der Waals surface area contributed by atoms with Crippen LogP contribution in [0.1, 0.15) is 55.1 Å². The van der Waals surface area contributed by atoms with Gasteiger partial charge in [-0.1, -0.05) is 25.8 Å². The molecule has 1 saturated carbocycles. The number of amides is 4. The van der Waals surface area contributed by atoms with E-state index in [0.29, 0.717) is 17.8 Å². The summed E-state index contributed by atoms with van der Waals surface area (Å²) in [6.07, 6.45) is -1.59. The van der Waals surface area contributed by atoms with E-state index < -0.39 is 48.2 Å². The number of carbonyl (C=O) groups excluding carboxylic acids is 3. The van der Waals surface area contributed by atoms with Crippen LogP contribution < -0.4 is 10.6 Å². The fourth-order valence-electron chi connectivity index (χ4n) is 5.04. The van der Waals surface area contributed by atoms with Crippen molar-refractivity contribution < 1.29 is 27.6 Å². The van der Waals surface area contributed by atoms with Gasteiger partial charge in [0.25, 0.3) is 5.91 Å². The minimum Gasteiger partial charge on any atom is -0.350 e. The van der Waals surface area contributed by atoms with Gasteiger partial charge >= 0.3 is 12.2 Å². The molecule has 0 radical (unpaired) electrons. The number of imide groups is 1. The highest BCUT2D eigenvalue weighted by Crippen LogP contribution is 2.38. The maximum atomic E-state index is 13.8. The summed E-state index contributed by atoms with van der Waals surface area (Å²) in [5, 5.41) is 9.40. The van der Waals surface area contributed by atoms with Gasteiger partial charge in [-0.05, 0) is 56.4 Å². The van der Waals surface area contributed by atoms with Crippen molar-refractivity contribution in [3.63, 3.8) is 0 Å². The molecule has 2 unspecified atom stereocenters. The van der Waals surface area contributed by atoms with Gasteiger partial charge in [0.15, 0.2) is 0 Å². The monoisotopic (exact) mass is 491 g/mol. The van der Waals surface area contributed by atoms with Crippen LogP contribution in [0.4, 0.5) is 18.0 Å². The number of alkyl halides is 3. The molecule has 11 heteroatoms. The Morgan fingerprint density at radius 3 is 2.60 bits per heavy atom. The highest BCUT2D eigenvalue weighted by molar-refractivity contribution is 6.09. The number of aryl methyl sites for hydroxylation is 2. The zero-order chi connectivity index (χ0) is 25.5. The maximum Gasteiger partial charge on any atom is 0.416 e. The molecular formula is C24H28F3N5O3. The summed E-state index contributed by atoms with van der Waals surface area (Å²) in [5.41, 5.74) is -0.409. The number of hydrogen-bond donors (Lipinski definition) is 2. The van der Waals surface area contributed by atoms with E-state index >= 15 is 0 Å². The van der Waals surface area contributed by atoms with E-state index in [-0.39, 0.29) is 17.2 Å². The number of nitrogens with zero attached hydrogens (tertiary/aromatic N) is 3. The van der Waals surface area contributed by atoms with Crippen LogP contribution in [0.15, 0.2) is 24.3 Å². The van der Waals surface area contributed by atoms with Gasteiger partial charge in [-0.2, -0.15) is 18.3 Å². The number of rotatable bonds is 5. The smallest absolute Gasteiger partial charge is 0.350 e. The average Bonchev–Trinajstić information content (AvgIpc) is 3.24. The highest BCUT2D eigenvalue weighted by atomic mass is 19.4. The molecule has 0 bridgehead atoms. The van der Waals surface area contributed by atoms with Gasteiger partial charge in [0.2, 0.25) is 5.91 Å². The first-order chi connectivity index (χ1) is 16.4. The molecule has 1 saturated heterocycles. The fraction of sp³-hybridized carbons (Fsp3) is 0.500. The maximum absolute atomic E-state index is 13.8. The normalized spacial score (nSPS) is 22.6. The van der Waals surface area contributed by atoms with Crippen molar-refractivity contribution in [2.24, 2.45) is 5.92 Å². The molecule has 4 rings (SSSR count). The number of carbonyl (C=O) groups is 3. The van der Waals surface area contributed by atoms with Gasteiger partial charge in [0.1, 0.15) is 12.1 Å². The molecule has 2 heterocycles. The second-order valence-electron chi connectivity index (χ2n) is 9.39. The van der Waals surface area contributed by atoms with Gasteiger partial charge in [0.05, 0.1) is 16.9 Å². The molecule has 2 fully saturated rings. The van der Waals surface area contributed by atoms with E-state index in [0.717, 1.165) is 30.2 Å². The quantitative estimate of drug-likeness (QED) is 0.625. The molecule has 2 atom stereocenters. The van der Waals surface area contributed by atoms with E-state index in [4.69, 9.17) is 0 Å². The molecule has 1 aliphatic carbocycles. The number of urea groups is 1. The van der Waals surface area contributed by atoms with Crippen LogP contribution >= 0.6 is 0 Å². The zero-order valence-corrected chi connectivity index (χ0v) is 19.8. The predicted molar refractivity (Wildman–Crippen MR) is 120 cm³/mol. The first kappa shape index (κ1) is 24.7. The highest BCUT2D eigenvalue weighted by Gasteiger charge is 2.55. The number of benzene rings is 1. The van der Waals surface area contributed by atoms with E-state index in [9.17, 15) is 27.6 Å². The molecule has 35 heavy (non-hydrogen) atoms. The summed E-state index contributed by atoms with van der Waals surface area (Å²) in [4.78, 5) is 38.9. The van der Waals surface area contributed by atoms with E-state index in [1.54, 1.807) is 19.9 Å². The second kappa shape index (κ2) is 9.01. The minimum absolute atomic E-state index is 0.0594. The summed E-state index contributed by atoms with van der Waals surface area (Å²) in [6, 6.07) is 4.90. The van der Waals surface area contributed by atoms with Crippen LogP contribution in [0.5, 0.6) is 0 Å². The van der Waals surface area contributed by atoms with Crippen molar-refractivity contribution in [1.82, 2.24) is 25.3 Å². The average molecular weight is 492 g/mol. The van der Waals surface area contributed by atoms with Gasteiger partial charge in [-0.25, -0.2) is 9.48 Å². The van der Waals surface area contributed by atoms with Crippen molar-refractivity contribution in [3.8, 4) is 5.69 Å². The molecule has 1 aromatic carbocycles. The Kier molecular flexibility index (Phi) is 6.37. The Morgan fingerprint density at radius 2 is 1.97 bits per heavy atom. The van der Waals surface area contributed by atoms with Gasteiger partial charge in [-0.15, -0.1) is 0 Å². The van der Waals surface area contributed by atoms with Crippen molar-refractivity contribution in [2.45, 2.75) is 64.7 Å². The number of hydrogen-bond acceptors (Lipinski definition) is 4. The predicted octanol–water partition coefficient (Wildman–Crippen LogP) is 3.62. The Morgan fingerprint density at radius 1 is 1.23 bits per heavy atom. The lowest BCUT2D eigenvalue weighted by Crippen LogP contribution is -2.54. The molecule has 1 aromatic heterocycles. The number of halogens is 3. The van der Waals surface area contributed by atoms with E-state index in [1.807, 2.05) is 6.92 Å². The first-order valence-corrected chi connectivity index (χ1v) is 11.6. The molecule has 2 aliphatic rings. The number of aromatic nitrogens is 2. The largest absolute Gasteiger partial charge is 0.416 e. The molecule has 188 valence electrons. The minimum atomic E-state index is -4.65. The van der Waals surface area contributed by atoms with Gasteiger partial charge < -0.3 is 10.6 Å². The topological polar surface area (TPSA) is 96.3 Å². The lowest BCUT2D eigenvalue weighted by Gasteiger charge is -2.36. The van der Waals surface area contributed by atoms with Crippen LogP contribution in [-0.4, -0.2) is 44.6 Å². The Labute approximate surface area is 200 Å². The first-order valence-electron chi connectivity index (χ1n) is 11.6. The summed E-state index contributed by atoms with van der Waals surface area (Å²) < 4.78 is 42.8.